The van der Waals surface area contributed by atoms with E-state index in [1.54, 1.807) is 48.2 Å². The summed E-state index contributed by atoms with van der Waals surface area (Å²) in [5.41, 5.74) is 2.31. The van der Waals surface area contributed by atoms with Gasteiger partial charge < -0.3 is 4.74 Å². The van der Waals surface area contributed by atoms with Crippen molar-refractivity contribution in [1.29, 1.82) is 0 Å². The van der Waals surface area contributed by atoms with Gasteiger partial charge in [0, 0.05) is 38.0 Å². The van der Waals surface area contributed by atoms with Gasteiger partial charge in [-0.2, -0.15) is 0 Å². The Hall–Kier alpha value is -2.85. The summed E-state index contributed by atoms with van der Waals surface area (Å²) in [6.45, 7) is 1.72. The van der Waals surface area contributed by atoms with E-state index >= 15 is 0 Å². The second kappa shape index (κ2) is 10.8. The van der Waals surface area contributed by atoms with Crippen LogP contribution in [0.15, 0.2) is 82.7 Å². The minimum atomic E-state index is -3.87. The molecular formula is C25H21ClN2O4S3. The number of carbonyl (C=O) groups is 1. The molecule has 180 valence electrons. The minimum absolute atomic E-state index is 0.0105. The van der Waals surface area contributed by atoms with Gasteiger partial charge in [-0.05, 0) is 61.0 Å². The molecule has 0 radical (unpaired) electrons. The number of nitrogens with zero attached hydrogens (tertiary/aromatic N) is 1. The third-order valence-electron chi connectivity index (χ3n) is 5.06. The molecule has 0 amide bonds. The number of aryl methyl sites for hydroxylation is 1. The van der Waals surface area contributed by atoms with Crippen LogP contribution >= 0.6 is 34.7 Å². The maximum atomic E-state index is 12.8. The highest BCUT2D eigenvalue weighted by atomic mass is 35.5. The third-order valence-corrected chi connectivity index (χ3v) is 8.98. The van der Waals surface area contributed by atoms with E-state index in [4.69, 9.17) is 16.3 Å². The molecule has 0 unspecified atom stereocenters. The number of esters is 1. The van der Waals surface area contributed by atoms with Crippen molar-refractivity contribution in [3.8, 4) is 10.6 Å². The molecule has 4 aromatic rings. The van der Waals surface area contributed by atoms with Crippen molar-refractivity contribution in [3.05, 3.63) is 94.0 Å². The van der Waals surface area contributed by atoms with Crippen LogP contribution in [0.2, 0.25) is 5.02 Å². The number of anilines is 1. The largest absolute Gasteiger partial charge is 0.465 e. The Balaban J connectivity index is 1.39. The van der Waals surface area contributed by atoms with Crippen molar-refractivity contribution in [1.82, 2.24) is 4.98 Å². The lowest BCUT2D eigenvalue weighted by Gasteiger charge is -2.11. The van der Waals surface area contributed by atoms with Gasteiger partial charge in [0.25, 0.3) is 10.0 Å². The molecule has 1 aromatic heterocycles. The van der Waals surface area contributed by atoms with Gasteiger partial charge in [0.15, 0.2) is 0 Å². The zero-order chi connectivity index (χ0) is 25.0. The standard InChI is InChI=1S/C25H21ClN2O4S3/c1-16-3-12-22(13-23(16)25(29)32-2)35(30,31)28-19-8-10-20(11-9-19)33-15-21-14-27-24(34-21)17-4-6-18(26)7-5-17/h3-14,28H,15H2,1-2H3. The zero-order valence-electron chi connectivity index (χ0n) is 18.8. The third kappa shape index (κ3) is 6.24. The highest BCUT2D eigenvalue weighted by Crippen LogP contribution is 2.31. The summed E-state index contributed by atoms with van der Waals surface area (Å²) in [5.74, 6) is 0.165. The molecule has 0 bridgehead atoms. The predicted molar refractivity (Wildman–Crippen MR) is 142 cm³/mol. The second-order valence-corrected chi connectivity index (χ2v) is 11.8. The molecule has 35 heavy (non-hydrogen) atoms. The normalized spacial score (nSPS) is 11.3. The van der Waals surface area contributed by atoms with Crippen LogP contribution in [-0.4, -0.2) is 26.5 Å². The van der Waals surface area contributed by atoms with Gasteiger partial charge >= 0.3 is 5.97 Å². The average Bonchev–Trinajstić information content (AvgIpc) is 3.32. The van der Waals surface area contributed by atoms with E-state index in [1.165, 1.54) is 19.2 Å². The van der Waals surface area contributed by atoms with Crippen molar-refractivity contribution in [2.24, 2.45) is 0 Å². The van der Waals surface area contributed by atoms with Gasteiger partial charge in [0.05, 0.1) is 17.6 Å². The Morgan fingerprint density at radius 2 is 1.80 bits per heavy atom. The number of thioether (sulfide) groups is 1. The topological polar surface area (TPSA) is 85.4 Å². The van der Waals surface area contributed by atoms with Crippen LogP contribution in [-0.2, 0) is 20.5 Å². The summed E-state index contributed by atoms with van der Waals surface area (Å²) in [6.07, 6.45) is 1.87. The fourth-order valence-electron chi connectivity index (χ4n) is 3.19. The van der Waals surface area contributed by atoms with Crippen LogP contribution in [0.5, 0.6) is 0 Å². The Morgan fingerprint density at radius 3 is 2.49 bits per heavy atom. The van der Waals surface area contributed by atoms with E-state index in [-0.39, 0.29) is 10.5 Å². The van der Waals surface area contributed by atoms with Crippen LogP contribution in [0, 0.1) is 6.92 Å². The molecule has 0 atom stereocenters. The number of hydrogen-bond acceptors (Lipinski definition) is 7. The van der Waals surface area contributed by atoms with E-state index in [2.05, 4.69) is 9.71 Å². The molecule has 1 heterocycles. The number of methoxy groups -OCH3 is 1. The van der Waals surface area contributed by atoms with Crippen molar-refractivity contribution >= 4 is 56.4 Å². The number of hydrogen-bond donors (Lipinski definition) is 1. The van der Waals surface area contributed by atoms with Crippen LogP contribution in [0.25, 0.3) is 10.6 Å². The van der Waals surface area contributed by atoms with Crippen LogP contribution in [0.4, 0.5) is 5.69 Å². The van der Waals surface area contributed by atoms with Crippen LogP contribution in [0.3, 0.4) is 0 Å². The summed E-state index contributed by atoms with van der Waals surface area (Å²) in [4.78, 5) is 18.5. The average molecular weight is 545 g/mol. The first-order chi connectivity index (χ1) is 16.7. The first-order valence-corrected chi connectivity index (χ1v) is 14.1. The number of halogens is 1. The SMILES string of the molecule is COC(=O)c1cc(S(=O)(=O)Nc2ccc(SCc3cnc(-c4ccc(Cl)cc4)s3)cc2)ccc1C. The zero-order valence-corrected chi connectivity index (χ0v) is 22.0. The first-order valence-electron chi connectivity index (χ1n) is 10.4. The number of carbonyl (C=O) groups excluding carboxylic acids is 1. The highest BCUT2D eigenvalue weighted by molar-refractivity contribution is 7.98. The molecule has 0 aliphatic heterocycles. The number of sulfonamides is 1. The van der Waals surface area contributed by atoms with Gasteiger partial charge in [-0.3, -0.25) is 4.72 Å². The van der Waals surface area contributed by atoms with Crippen molar-refractivity contribution in [2.75, 3.05) is 11.8 Å². The number of aromatic nitrogens is 1. The van der Waals surface area contributed by atoms with Crippen LogP contribution in [0.1, 0.15) is 20.8 Å². The molecule has 0 saturated heterocycles. The molecule has 0 aliphatic carbocycles. The Labute approximate surface area is 217 Å². The number of rotatable bonds is 8. The summed E-state index contributed by atoms with van der Waals surface area (Å²) in [5, 5.41) is 1.63. The summed E-state index contributed by atoms with van der Waals surface area (Å²) in [6, 6.07) is 19.1. The molecular weight excluding hydrogens is 524 g/mol. The smallest absolute Gasteiger partial charge is 0.338 e. The fourth-order valence-corrected chi connectivity index (χ4v) is 6.23. The van der Waals surface area contributed by atoms with Crippen molar-refractivity contribution in [2.45, 2.75) is 22.5 Å². The molecule has 3 aromatic carbocycles. The molecule has 0 aliphatic rings. The van der Waals surface area contributed by atoms with E-state index in [0.717, 1.165) is 26.1 Å². The van der Waals surface area contributed by atoms with Gasteiger partial charge in [-0.25, -0.2) is 18.2 Å². The quantitative estimate of drug-likeness (QED) is 0.197. The van der Waals surface area contributed by atoms with Crippen molar-refractivity contribution in [3.63, 3.8) is 0 Å². The Kier molecular flexibility index (Phi) is 7.81. The lowest BCUT2D eigenvalue weighted by atomic mass is 10.1. The number of nitrogens with one attached hydrogen (secondary N) is 1. The predicted octanol–water partition coefficient (Wildman–Crippen LogP) is 6.65. The van der Waals surface area contributed by atoms with Crippen molar-refractivity contribution < 1.29 is 17.9 Å². The Bertz CT molecular complexity index is 1450. The molecule has 1 N–H and O–H groups in total. The molecule has 6 nitrogen and oxygen atoms in total. The summed E-state index contributed by atoms with van der Waals surface area (Å²) < 4.78 is 32.9. The number of benzene rings is 3. The molecule has 0 spiro atoms. The van der Waals surface area contributed by atoms with E-state index in [1.807, 2.05) is 42.6 Å². The second-order valence-electron chi connectivity index (χ2n) is 7.53. The molecule has 4 rings (SSSR count). The lowest BCUT2D eigenvalue weighted by Crippen LogP contribution is -2.14. The number of thiazole rings is 1. The van der Waals surface area contributed by atoms with Gasteiger partial charge in [0.2, 0.25) is 0 Å². The Morgan fingerprint density at radius 1 is 1.09 bits per heavy atom. The van der Waals surface area contributed by atoms with Crippen LogP contribution < -0.4 is 4.72 Å². The highest BCUT2D eigenvalue weighted by Gasteiger charge is 2.18. The summed E-state index contributed by atoms with van der Waals surface area (Å²) >= 11 is 9.22. The lowest BCUT2D eigenvalue weighted by molar-refractivity contribution is 0.0599. The molecule has 10 heteroatoms. The fraction of sp³-hybridized carbons (Fsp3) is 0.120. The first kappa shape index (κ1) is 25.2. The van der Waals surface area contributed by atoms with E-state index in [0.29, 0.717) is 16.3 Å². The molecule has 0 fully saturated rings. The van der Waals surface area contributed by atoms with Gasteiger partial charge in [0.1, 0.15) is 5.01 Å². The number of ether oxygens (including phenoxy) is 1. The monoisotopic (exact) mass is 544 g/mol. The maximum Gasteiger partial charge on any atom is 0.338 e. The summed E-state index contributed by atoms with van der Waals surface area (Å²) in [7, 11) is -2.61. The maximum absolute atomic E-state index is 12.8. The van der Waals surface area contributed by atoms with Gasteiger partial charge in [-0.1, -0.05) is 29.8 Å². The molecule has 0 saturated carbocycles. The minimum Gasteiger partial charge on any atom is -0.465 e. The van der Waals surface area contributed by atoms with E-state index in [9.17, 15) is 13.2 Å². The van der Waals surface area contributed by atoms with Gasteiger partial charge in [-0.15, -0.1) is 23.1 Å². The van der Waals surface area contributed by atoms with E-state index < -0.39 is 16.0 Å².